The van der Waals surface area contributed by atoms with Gasteiger partial charge in [-0.3, -0.25) is 0 Å². The molecule has 0 fully saturated rings. The van der Waals surface area contributed by atoms with Gasteiger partial charge < -0.3 is 5.32 Å². The Morgan fingerprint density at radius 1 is 1.10 bits per heavy atom. The van der Waals surface area contributed by atoms with E-state index < -0.39 is 0 Å². The van der Waals surface area contributed by atoms with Crippen LogP contribution in [0.1, 0.15) is 29.5 Å². The van der Waals surface area contributed by atoms with Crippen LogP contribution in [-0.4, -0.2) is 13.1 Å². The highest BCUT2D eigenvalue weighted by Crippen LogP contribution is 2.15. The second kappa shape index (κ2) is 7.94. The quantitative estimate of drug-likeness (QED) is 0.800. The van der Waals surface area contributed by atoms with E-state index in [0.29, 0.717) is 6.04 Å². The molecular formula is C19H24FN. The Bertz CT molecular complexity index is 551. The van der Waals surface area contributed by atoms with Crippen LogP contribution in [0.15, 0.2) is 48.5 Å². The smallest absolute Gasteiger partial charge is 0.123 e. The Hall–Kier alpha value is -1.67. The van der Waals surface area contributed by atoms with Crippen molar-refractivity contribution in [2.75, 3.05) is 7.05 Å². The van der Waals surface area contributed by atoms with E-state index in [1.807, 2.05) is 20.0 Å². The molecule has 0 saturated carbocycles. The molecule has 0 radical (unpaired) electrons. The fourth-order valence-corrected chi connectivity index (χ4v) is 2.70. The van der Waals surface area contributed by atoms with Crippen LogP contribution in [-0.2, 0) is 12.8 Å². The highest BCUT2D eigenvalue weighted by Gasteiger charge is 2.09. The molecule has 1 unspecified atom stereocenters. The molecule has 0 saturated heterocycles. The van der Waals surface area contributed by atoms with Gasteiger partial charge in [-0.2, -0.15) is 0 Å². The van der Waals surface area contributed by atoms with Crippen molar-refractivity contribution in [1.29, 1.82) is 0 Å². The summed E-state index contributed by atoms with van der Waals surface area (Å²) in [6, 6.07) is 16.1. The lowest BCUT2D eigenvalue weighted by Gasteiger charge is -2.17. The van der Waals surface area contributed by atoms with Gasteiger partial charge in [0.2, 0.25) is 0 Å². The highest BCUT2D eigenvalue weighted by molar-refractivity contribution is 5.27. The number of benzene rings is 2. The third kappa shape index (κ3) is 4.98. The van der Waals surface area contributed by atoms with E-state index in [0.717, 1.165) is 31.2 Å². The third-order valence-electron chi connectivity index (χ3n) is 4.04. The SMILES string of the molecule is CNC(CCCc1ccccc1)Cc1ccc(F)cc1C. The molecule has 21 heavy (non-hydrogen) atoms. The number of hydrogen-bond donors (Lipinski definition) is 1. The van der Waals surface area contributed by atoms with Gasteiger partial charge in [0.15, 0.2) is 0 Å². The molecule has 1 N–H and O–H groups in total. The predicted molar refractivity (Wildman–Crippen MR) is 87.1 cm³/mol. The molecule has 112 valence electrons. The second-order valence-corrected chi connectivity index (χ2v) is 5.64. The van der Waals surface area contributed by atoms with Crippen molar-refractivity contribution < 1.29 is 4.39 Å². The van der Waals surface area contributed by atoms with Gasteiger partial charge in [-0.25, -0.2) is 4.39 Å². The van der Waals surface area contributed by atoms with Gasteiger partial charge in [-0.1, -0.05) is 36.4 Å². The largest absolute Gasteiger partial charge is 0.317 e. The Morgan fingerprint density at radius 2 is 1.86 bits per heavy atom. The average Bonchev–Trinajstić information content (AvgIpc) is 2.49. The maximum atomic E-state index is 13.1. The Kier molecular flexibility index (Phi) is 5.94. The topological polar surface area (TPSA) is 12.0 Å². The van der Waals surface area contributed by atoms with Crippen molar-refractivity contribution >= 4 is 0 Å². The van der Waals surface area contributed by atoms with Gasteiger partial charge in [-0.15, -0.1) is 0 Å². The lowest BCUT2D eigenvalue weighted by molar-refractivity contribution is 0.500. The van der Waals surface area contributed by atoms with Crippen molar-refractivity contribution in [1.82, 2.24) is 5.32 Å². The van der Waals surface area contributed by atoms with Gasteiger partial charge in [0.25, 0.3) is 0 Å². The van der Waals surface area contributed by atoms with Gasteiger partial charge in [0.05, 0.1) is 0 Å². The van der Waals surface area contributed by atoms with Gasteiger partial charge in [0.1, 0.15) is 5.82 Å². The highest BCUT2D eigenvalue weighted by atomic mass is 19.1. The maximum absolute atomic E-state index is 13.1. The molecule has 1 nitrogen and oxygen atoms in total. The lowest BCUT2D eigenvalue weighted by Crippen LogP contribution is -2.28. The normalized spacial score (nSPS) is 12.3. The minimum atomic E-state index is -0.152. The number of aryl methyl sites for hydroxylation is 2. The molecule has 0 spiro atoms. The predicted octanol–water partition coefficient (Wildman–Crippen LogP) is 4.29. The molecule has 1 atom stereocenters. The zero-order valence-electron chi connectivity index (χ0n) is 12.9. The van der Waals surface area contributed by atoms with Crippen LogP contribution in [0, 0.1) is 12.7 Å². The molecule has 0 aromatic heterocycles. The van der Waals surface area contributed by atoms with E-state index in [1.54, 1.807) is 12.1 Å². The summed E-state index contributed by atoms with van der Waals surface area (Å²) < 4.78 is 13.1. The van der Waals surface area contributed by atoms with Crippen molar-refractivity contribution in [2.45, 2.75) is 38.6 Å². The summed E-state index contributed by atoms with van der Waals surface area (Å²) in [5, 5.41) is 3.38. The molecule has 0 bridgehead atoms. The zero-order chi connectivity index (χ0) is 15.1. The van der Waals surface area contributed by atoms with Crippen LogP contribution < -0.4 is 5.32 Å². The van der Waals surface area contributed by atoms with Crippen LogP contribution >= 0.6 is 0 Å². The van der Waals surface area contributed by atoms with Crippen LogP contribution in [0.2, 0.25) is 0 Å². The fraction of sp³-hybridized carbons (Fsp3) is 0.368. The summed E-state index contributed by atoms with van der Waals surface area (Å²) in [7, 11) is 2.01. The minimum absolute atomic E-state index is 0.152. The van der Waals surface area contributed by atoms with Gasteiger partial charge >= 0.3 is 0 Å². The molecule has 2 heteroatoms. The molecule has 0 amide bonds. The monoisotopic (exact) mass is 285 g/mol. The summed E-state index contributed by atoms with van der Waals surface area (Å²) in [5.41, 5.74) is 3.67. The van der Waals surface area contributed by atoms with Gasteiger partial charge in [0, 0.05) is 6.04 Å². The fourth-order valence-electron chi connectivity index (χ4n) is 2.70. The summed E-state index contributed by atoms with van der Waals surface area (Å²) in [6.07, 6.45) is 4.36. The molecule has 2 rings (SSSR count). The van der Waals surface area contributed by atoms with E-state index in [9.17, 15) is 4.39 Å². The summed E-state index contributed by atoms with van der Waals surface area (Å²) >= 11 is 0. The van der Waals surface area contributed by atoms with Crippen LogP contribution in [0.3, 0.4) is 0 Å². The van der Waals surface area contributed by atoms with E-state index in [2.05, 4.69) is 35.6 Å². The van der Waals surface area contributed by atoms with Crippen LogP contribution in [0.25, 0.3) is 0 Å². The standard InChI is InChI=1S/C19H24FN/c1-15-13-18(20)12-11-17(15)14-19(21-2)10-6-9-16-7-4-3-5-8-16/h3-5,7-8,11-13,19,21H,6,9-10,14H2,1-2H3. The van der Waals surface area contributed by atoms with E-state index in [1.165, 1.54) is 11.1 Å². The average molecular weight is 285 g/mol. The van der Waals surface area contributed by atoms with Gasteiger partial charge in [-0.05, 0) is 68.5 Å². The van der Waals surface area contributed by atoms with E-state index in [4.69, 9.17) is 0 Å². The molecular weight excluding hydrogens is 261 g/mol. The van der Waals surface area contributed by atoms with E-state index in [-0.39, 0.29) is 5.82 Å². The first-order valence-corrected chi connectivity index (χ1v) is 7.65. The first-order chi connectivity index (χ1) is 10.2. The first-order valence-electron chi connectivity index (χ1n) is 7.65. The summed E-state index contributed by atoms with van der Waals surface area (Å²) in [6.45, 7) is 1.98. The number of halogens is 1. The number of rotatable bonds is 7. The Morgan fingerprint density at radius 3 is 2.52 bits per heavy atom. The third-order valence-corrected chi connectivity index (χ3v) is 4.04. The van der Waals surface area contributed by atoms with E-state index >= 15 is 0 Å². The number of hydrogen-bond acceptors (Lipinski definition) is 1. The minimum Gasteiger partial charge on any atom is -0.317 e. The molecule has 0 heterocycles. The van der Waals surface area contributed by atoms with Crippen molar-refractivity contribution in [2.24, 2.45) is 0 Å². The number of nitrogens with one attached hydrogen (secondary N) is 1. The first kappa shape index (κ1) is 15.7. The van der Waals surface area contributed by atoms with Crippen LogP contribution in [0.4, 0.5) is 4.39 Å². The van der Waals surface area contributed by atoms with Crippen LogP contribution in [0.5, 0.6) is 0 Å². The Labute approximate surface area is 127 Å². The molecule has 0 aliphatic carbocycles. The Balaban J connectivity index is 1.85. The maximum Gasteiger partial charge on any atom is 0.123 e. The summed E-state index contributed by atoms with van der Waals surface area (Å²) in [5.74, 6) is -0.152. The molecule has 0 aliphatic rings. The van der Waals surface area contributed by atoms with Crippen molar-refractivity contribution in [3.63, 3.8) is 0 Å². The van der Waals surface area contributed by atoms with Crippen molar-refractivity contribution in [3.8, 4) is 0 Å². The van der Waals surface area contributed by atoms with Crippen molar-refractivity contribution in [3.05, 3.63) is 71.0 Å². The molecule has 0 aliphatic heterocycles. The number of likely N-dealkylation sites (N-methyl/N-ethyl adjacent to an activating group) is 1. The molecule has 2 aromatic carbocycles. The molecule has 2 aromatic rings. The second-order valence-electron chi connectivity index (χ2n) is 5.64. The lowest BCUT2D eigenvalue weighted by atomic mass is 9.96. The zero-order valence-corrected chi connectivity index (χ0v) is 12.9. The summed E-state index contributed by atoms with van der Waals surface area (Å²) in [4.78, 5) is 0.